The number of hydrogen-bond acceptors (Lipinski definition) is 3. The third-order valence-electron chi connectivity index (χ3n) is 3.52. The highest BCUT2D eigenvalue weighted by atomic mass is 79.9. The number of amides is 1. The van der Waals surface area contributed by atoms with Crippen LogP contribution in [0.3, 0.4) is 0 Å². The molecule has 1 aromatic heterocycles. The highest BCUT2D eigenvalue weighted by Gasteiger charge is 2.30. The Kier molecular flexibility index (Phi) is 4.81. The minimum Gasteiger partial charge on any atom is -0.379 e. The van der Waals surface area contributed by atoms with Crippen molar-refractivity contribution >= 4 is 33.4 Å². The van der Waals surface area contributed by atoms with E-state index in [1.807, 2.05) is 0 Å². The lowest BCUT2D eigenvalue weighted by Crippen LogP contribution is -2.46. The van der Waals surface area contributed by atoms with Crippen molar-refractivity contribution in [3.63, 3.8) is 0 Å². The van der Waals surface area contributed by atoms with Gasteiger partial charge in [0, 0.05) is 30.9 Å². The van der Waals surface area contributed by atoms with Crippen molar-refractivity contribution in [1.82, 2.24) is 9.88 Å². The number of aromatic nitrogens is 1. The number of rotatable bonds is 2. The lowest BCUT2D eigenvalue weighted by atomic mass is 9.95. The molecule has 0 spiro atoms. The van der Waals surface area contributed by atoms with Gasteiger partial charge in [0.2, 0.25) is 0 Å². The first-order valence-corrected chi connectivity index (χ1v) is 7.33. The number of carbonyl (C=O) groups is 1. The quantitative estimate of drug-likeness (QED) is 0.772. The van der Waals surface area contributed by atoms with Crippen molar-refractivity contribution < 1.29 is 9.53 Å². The number of likely N-dealkylation sites (tertiary alicyclic amines) is 1. The Bertz CT molecular complexity index is 484. The molecule has 2 rings (SSSR count). The third kappa shape index (κ3) is 3.27. The topological polar surface area (TPSA) is 42.4 Å². The minimum absolute atomic E-state index is 0.0802. The number of carbonyl (C=O) groups excluding carboxylic acids is 1. The van der Waals surface area contributed by atoms with E-state index in [2.05, 4.69) is 27.8 Å². The Hall–Kier alpha value is -0.650. The van der Waals surface area contributed by atoms with Crippen molar-refractivity contribution in [3.8, 4) is 0 Å². The molecule has 0 N–H and O–H groups in total. The number of halogens is 2. The van der Waals surface area contributed by atoms with Crippen LogP contribution >= 0.6 is 27.5 Å². The zero-order valence-corrected chi connectivity index (χ0v) is 13.2. The summed E-state index contributed by atoms with van der Waals surface area (Å²) < 4.78 is 6.17. The first-order chi connectivity index (χ1) is 9.02. The summed E-state index contributed by atoms with van der Waals surface area (Å²) in [5.74, 6) is 0.373. The Morgan fingerprint density at radius 3 is 3.05 bits per heavy atom. The molecule has 1 saturated heterocycles. The molecular formula is C13H16BrClN2O2. The van der Waals surface area contributed by atoms with Crippen LogP contribution in [-0.2, 0) is 4.74 Å². The van der Waals surface area contributed by atoms with Crippen molar-refractivity contribution in [2.24, 2.45) is 5.92 Å². The monoisotopic (exact) mass is 346 g/mol. The molecule has 1 aliphatic heterocycles. The number of piperidine rings is 1. The summed E-state index contributed by atoms with van der Waals surface area (Å²) >= 11 is 9.31. The lowest BCUT2D eigenvalue weighted by molar-refractivity contribution is -0.00157. The lowest BCUT2D eigenvalue weighted by Gasteiger charge is -2.36. The molecule has 0 aliphatic carbocycles. The summed E-state index contributed by atoms with van der Waals surface area (Å²) in [6.45, 7) is 3.46. The van der Waals surface area contributed by atoms with Crippen LogP contribution in [0.5, 0.6) is 0 Å². The van der Waals surface area contributed by atoms with Crippen LogP contribution in [0.25, 0.3) is 0 Å². The maximum Gasteiger partial charge on any atom is 0.257 e. The van der Waals surface area contributed by atoms with Crippen LogP contribution in [0, 0.1) is 5.92 Å². The molecule has 0 bridgehead atoms. The molecular weight excluding hydrogens is 332 g/mol. The first kappa shape index (κ1) is 14.8. The van der Waals surface area contributed by atoms with Gasteiger partial charge in [0.15, 0.2) is 0 Å². The summed E-state index contributed by atoms with van der Waals surface area (Å²) in [5.41, 5.74) is 0.431. The fraction of sp³-hybridized carbons (Fsp3) is 0.538. The van der Waals surface area contributed by atoms with Gasteiger partial charge in [-0.3, -0.25) is 4.79 Å². The minimum atomic E-state index is -0.0900. The van der Waals surface area contributed by atoms with E-state index in [1.54, 1.807) is 24.3 Å². The molecule has 2 heterocycles. The first-order valence-electron chi connectivity index (χ1n) is 6.16. The van der Waals surface area contributed by atoms with Gasteiger partial charge in [-0.25, -0.2) is 4.98 Å². The van der Waals surface area contributed by atoms with Crippen LogP contribution in [-0.4, -0.2) is 42.1 Å². The fourth-order valence-corrected chi connectivity index (χ4v) is 2.78. The van der Waals surface area contributed by atoms with Crippen molar-refractivity contribution in [3.05, 3.63) is 27.5 Å². The van der Waals surface area contributed by atoms with Gasteiger partial charge in [0.25, 0.3) is 5.91 Å². The molecule has 19 heavy (non-hydrogen) atoms. The van der Waals surface area contributed by atoms with E-state index in [9.17, 15) is 4.79 Å². The molecule has 0 aromatic carbocycles. The standard InChI is InChI=1S/C13H16BrClN2O2/c1-8-3-4-17(7-11(8)19-2)13(18)10-5-9(14)6-16-12(10)15/h5-6,8,11H,3-4,7H2,1-2H3. The number of methoxy groups -OCH3 is 1. The van der Waals surface area contributed by atoms with Gasteiger partial charge < -0.3 is 9.64 Å². The molecule has 1 aliphatic rings. The van der Waals surface area contributed by atoms with E-state index in [-0.39, 0.29) is 17.2 Å². The second-order valence-corrected chi connectivity index (χ2v) is 6.06. The highest BCUT2D eigenvalue weighted by molar-refractivity contribution is 9.10. The molecule has 2 atom stereocenters. The molecule has 1 fully saturated rings. The number of nitrogens with zero attached hydrogens (tertiary/aromatic N) is 2. The van der Waals surface area contributed by atoms with Crippen molar-refractivity contribution in [2.45, 2.75) is 19.4 Å². The Morgan fingerprint density at radius 2 is 2.37 bits per heavy atom. The largest absolute Gasteiger partial charge is 0.379 e. The summed E-state index contributed by atoms with van der Waals surface area (Å²) in [7, 11) is 1.68. The van der Waals surface area contributed by atoms with E-state index < -0.39 is 0 Å². The number of hydrogen-bond donors (Lipinski definition) is 0. The summed E-state index contributed by atoms with van der Waals surface area (Å²) in [5, 5.41) is 0.237. The number of pyridine rings is 1. The normalized spacial score (nSPS) is 23.5. The zero-order chi connectivity index (χ0) is 14.0. The van der Waals surface area contributed by atoms with Crippen LogP contribution < -0.4 is 0 Å². The summed E-state index contributed by atoms with van der Waals surface area (Å²) in [6, 6.07) is 1.71. The molecule has 2 unspecified atom stereocenters. The smallest absolute Gasteiger partial charge is 0.257 e. The molecule has 1 amide bonds. The van der Waals surface area contributed by atoms with Crippen molar-refractivity contribution in [2.75, 3.05) is 20.2 Å². The van der Waals surface area contributed by atoms with Gasteiger partial charge in [-0.05, 0) is 34.3 Å². The van der Waals surface area contributed by atoms with Gasteiger partial charge in [0.1, 0.15) is 5.15 Å². The second kappa shape index (κ2) is 6.20. The maximum absolute atomic E-state index is 12.5. The predicted octanol–water partition coefficient (Wildman–Crippen LogP) is 2.99. The van der Waals surface area contributed by atoms with Crippen LogP contribution in [0.4, 0.5) is 0 Å². The zero-order valence-electron chi connectivity index (χ0n) is 10.9. The molecule has 6 heteroatoms. The van der Waals surface area contributed by atoms with Crippen LogP contribution in [0.15, 0.2) is 16.7 Å². The molecule has 104 valence electrons. The fourth-order valence-electron chi connectivity index (χ4n) is 2.27. The van der Waals surface area contributed by atoms with Gasteiger partial charge in [-0.2, -0.15) is 0 Å². The number of ether oxygens (including phenoxy) is 1. The van der Waals surface area contributed by atoms with Crippen LogP contribution in [0.2, 0.25) is 5.15 Å². The van der Waals surface area contributed by atoms with E-state index in [4.69, 9.17) is 16.3 Å². The Morgan fingerprint density at radius 1 is 1.63 bits per heavy atom. The van der Waals surface area contributed by atoms with Crippen molar-refractivity contribution in [1.29, 1.82) is 0 Å². The molecule has 0 saturated carbocycles. The Balaban J connectivity index is 2.18. The van der Waals surface area contributed by atoms with Gasteiger partial charge >= 0.3 is 0 Å². The molecule has 0 radical (unpaired) electrons. The highest BCUT2D eigenvalue weighted by Crippen LogP contribution is 2.24. The van der Waals surface area contributed by atoms with Gasteiger partial charge in [-0.15, -0.1) is 0 Å². The van der Waals surface area contributed by atoms with E-state index >= 15 is 0 Å². The van der Waals surface area contributed by atoms with E-state index in [0.29, 0.717) is 18.0 Å². The van der Waals surface area contributed by atoms with E-state index in [0.717, 1.165) is 17.4 Å². The van der Waals surface area contributed by atoms with Crippen LogP contribution in [0.1, 0.15) is 23.7 Å². The SMILES string of the molecule is COC1CN(C(=O)c2cc(Br)cnc2Cl)CCC1C. The third-order valence-corrected chi connectivity index (χ3v) is 4.25. The second-order valence-electron chi connectivity index (χ2n) is 4.78. The summed E-state index contributed by atoms with van der Waals surface area (Å²) in [4.78, 5) is 18.2. The predicted molar refractivity (Wildman–Crippen MR) is 77.4 cm³/mol. The molecule has 4 nitrogen and oxygen atoms in total. The molecule has 1 aromatic rings. The van der Waals surface area contributed by atoms with Gasteiger partial charge in [0.05, 0.1) is 11.7 Å². The average Bonchev–Trinajstić information content (AvgIpc) is 2.41. The van der Waals surface area contributed by atoms with E-state index in [1.165, 1.54) is 0 Å². The Labute approximate surface area is 126 Å². The van der Waals surface area contributed by atoms with Gasteiger partial charge in [-0.1, -0.05) is 18.5 Å². The average molecular weight is 348 g/mol. The summed E-state index contributed by atoms with van der Waals surface area (Å²) in [6.07, 6.45) is 2.59. The maximum atomic E-state index is 12.5.